The number of rotatable bonds is 5. The number of carbonyl (C=O) groups excluding carboxylic acids is 1. The van der Waals surface area contributed by atoms with E-state index >= 15 is 0 Å². The summed E-state index contributed by atoms with van der Waals surface area (Å²) in [5.41, 5.74) is 0.106. The predicted molar refractivity (Wildman–Crippen MR) is 74.9 cm³/mol. The Balaban J connectivity index is 1.60. The summed E-state index contributed by atoms with van der Waals surface area (Å²) in [7, 11) is 0. The van der Waals surface area contributed by atoms with Gasteiger partial charge in [-0.2, -0.15) is 0 Å². The van der Waals surface area contributed by atoms with E-state index in [2.05, 4.69) is 10.5 Å². The molecule has 3 aromatic rings. The molecule has 2 N–H and O–H groups in total. The van der Waals surface area contributed by atoms with Gasteiger partial charge in [-0.15, -0.1) is 0 Å². The first-order valence-electron chi connectivity index (χ1n) is 6.66. The van der Waals surface area contributed by atoms with E-state index in [0.29, 0.717) is 23.0 Å². The first-order chi connectivity index (χ1) is 10.6. The van der Waals surface area contributed by atoms with E-state index < -0.39 is 12.0 Å². The number of amides is 1. The molecule has 0 spiro atoms. The van der Waals surface area contributed by atoms with Crippen LogP contribution in [0.3, 0.4) is 0 Å². The van der Waals surface area contributed by atoms with Gasteiger partial charge in [-0.1, -0.05) is 5.16 Å². The Hall–Kier alpha value is -2.80. The lowest BCUT2D eigenvalue weighted by Gasteiger charge is -2.08. The molecular weight excluding hydrogens is 288 g/mol. The second-order valence-electron chi connectivity index (χ2n) is 4.73. The van der Waals surface area contributed by atoms with Gasteiger partial charge >= 0.3 is 0 Å². The van der Waals surface area contributed by atoms with E-state index in [1.807, 2.05) is 0 Å². The fourth-order valence-corrected chi connectivity index (χ4v) is 1.93. The molecule has 0 aliphatic carbocycles. The molecule has 3 aromatic heterocycles. The summed E-state index contributed by atoms with van der Waals surface area (Å²) < 4.78 is 15.5. The number of aromatic nitrogens is 1. The summed E-state index contributed by atoms with van der Waals surface area (Å²) in [6.45, 7) is 1.79. The number of furan rings is 2. The van der Waals surface area contributed by atoms with Gasteiger partial charge < -0.3 is 23.8 Å². The van der Waals surface area contributed by atoms with Crippen LogP contribution in [-0.4, -0.2) is 22.7 Å². The van der Waals surface area contributed by atoms with Crippen molar-refractivity contribution in [2.75, 3.05) is 6.54 Å². The topological polar surface area (TPSA) is 102 Å². The second-order valence-corrected chi connectivity index (χ2v) is 4.73. The number of hydrogen-bond acceptors (Lipinski definition) is 6. The molecule has 1 unspecified atom stereocenters. The fourth-order valence-electron chi connectivity index (χ4n) is 1.93. The maximum Gasteiger partial charge on any atom is 0.273 e. The second kappa shape index (κ2) is 5.90. The van der Waals surface area contributed by atoms with E-state index in [4.69, 9.17) is 13.4 Å². The Morgan fingerprint density at radius 2 is 2.23 bits per heavy atom. The van der Waals surface area contributed by atoms with E-state index in [0.717, 1.165) is 0 Å². The summed E-state index contributed by atoms with van der Waals surface area (Å²) in [5.74, 6) is 1.48. The molecule has 7 nitrogen and oxygen atoms in total. The molecule has 1 amide bonds. The molecule has 0 saturated carbocycles. The monoisotopic (exact) mass is 302 g/mol. The normalized spacial score (nSPS) is 12.3. The summed E-state index contributed by atoms with van der Waals surface area (Å²) in [5, 5.41) is 16.2. The lowest BCUT2D eigenvalue weighted by Crippen LogP contribution is -2.28. The Morgan fingerprint density at radius 3 is 2.91 bits per heavy atom. The van der Waals surface area contributed by atoms with Crippen LogP contribution in [0, 0.1) is 6.92 Å². The minimum Gasteiger partial charge on any atom is -0.464 e. The molecule has 0 aliphatic heterocycles. The van der Waals surface area contributed by atoms with Crippen molar-refractivity contribution in [2.45, 2.75) is 13.0 Å². The Bertz CT molecular complexity index is 757. The Labute approximate surface area is 125 Å². The van der Waals surface area contributed by atoms with Crippen LogP contribution in [0.25, 0.3) is 11.5 Å². The quantitative estimate of drug-likeness (QED) is 0.750. The third kappa shape index (κ3) is 2.94. The van der Waals surface area contributed by atoms with Crippen molar-refractivity contribution in [3.8, 4) is 11.5 Å². The smallest absolute Gasteiger partial charge is 0.273 e. The van der Waals surface area contributed by atoms with Crippen molar-refractivity contribution in [1.82, 2.24) is 10.5 Å². The van der Waals surface area contributed by atoms with Crippen molar-refractivity contribution >= 4 is 5.91 Å². The van der Waals surface area contributed by atoms with Crippen LogP contribution in [0.5, 0.6) is 0 Å². The number of aliphatic hydroxyl groups is 1. The van der Waals surface area contributed by atoms with Crippen molar-refractivity contribution < 1.29 is 23.3 Å². The molecule has 0 fully saturated rings. The van der Waals surface area contributed by atoms with Gasteiger partial charge in [0.05, 0.1) is 12.8 Å². The highest BCUT2D eigenvalue weighted by Crippen LogP contribution is 2.20. The Morgan fingerprint density at radius 1 is 1.36 bits per heavy atom. The van der Waals surface area contributed by atoms with Crippen LogP contribution in [0.15, 0.2) is 50.0 Å². The molecule has 3 heterocycles. The average Bonchev–Trinajstić information content (AvgIpc) is 3.23. The molecule has 3 rings (SSSR count). The van der Waals surface area contributed by atoms with Crippen LogP contribution in [-0.2, 0) is 0 Å². The molecular formula is C15H14N2O5. The molecule has 22 heavy (non-hydrogen) atoms. The lowest BCUT2D eigenvalue weighted by molar-refractivity contribution is 0.0891. The van der Waals surface area contributed by atoms with Crippen molar-refractivity contribution in [2.24, 2.45) is 0 Å². The van der Waals surface area contributed by atoms with Gasteiger partial charge in [0.2, 0.25) is 5.76 Å². The number of carbonyl (C=O) groups is 1. The zero-order valence-corrected chi connectivity index (χ0v) is 11.8. The van der Waals surface area contributed by atoms with Crippen LogP contribution in [0.4, 0.5) is 0 Å². The van der Waals surface area contributed by atoms with Crippen molar-refractivity contribution in [3.05, 3.63) is 53.8 Å². The number of aryl methyl sites for hydroxylation is 1. The zero-order chi connectivity index (χ0) is 15.5. The highest BCUT2D eigenvalue weighted by atomic mass is 16.5. The molecule has 0 bridgehead atoms. The number of hydrogen-bond donors (Lipinski definition) is 2. The number of aliphatic hydroxyl groups excluding tert-OH is 1. The van der Waals surface area contributed by atoms with Gasteiger partial charge in [0.25, 0.3) is 5.91 Å². The van der Waals surface area contributed by atoms with Crippen LogP contribution in [0.2, 0.25) is 0 Å². The molecule has 0 radical (unpaired) electrons. The molecule has 1 atom stereocenters. The van der Waals surface area contributed by atoms with Crippen molar-refractivity contribution in [3.63, 3.8) is 0 Å². The highest BCUT2D eigenvalue weighted by Gasteiger charge is 2.17. The maximum absolute atomic E-state index is 12.0. The lowest BCUT2D eigenvalue weighted by atomic mass is 10.2. The number of nitrogens with zero attached hydrogens (tertiary/aromatic N) is 1. The molecule has 0 aliphatic rings. The number of nitrogens with one attached hydrogen (secondary N) is 1. The van der Waals surface area contributed by atoms with Gasteiger partial charge in [0, 0.05) is 6.07 Å². The fraction of sp³-hybridized carbons (Fsp3) is 0.200. The van der Waals surface area contributed by atoms with Gasteiger partial charge in [0.15, 0.2) is 11.5 Å². The standard InChI is InChI=1S/C15H14N2O5/c1-9-4-5-12(21-9)11(18)8-16-15(19)10-7-14(22-17-10)13-3-2-6-20-13/h2-7,11,18H,8H2,1H3,(H,16,19). The summed E-state index contributed by atoms with van der Waals surface area (Å²) >= 11 is 0. The average molecular weight is 302 g/mol. The van der Waals surface area contributed by atoms with Crippen LogP contribution < -0.4 is 5.32 Å². The van der Waals surface area contributed by atoms with Crippen LogP contribution >= 0.6 is 0 Å². The maximum atomic E-state index is 12.0. The van der Waals surface area contributed by atoms with E-state index in [1.54, 1.807) is 31.2 Å². The summed E-state index contributed by atoms with van der Waals surface area (Å²) in [6.07, 6.45) is 0.577. The zero-order valence-electron chi connectivity index (χ0n) is 11.8. The minimum atomic E-state index is -0.922. The third-order valence-electron chi connectivity index (χ3n) is 3.05. The predicted octanol–water partition coefficient (Wildman–Crippen LogP) is 2.30. The Kier molecular flexibility index (Phi) is 3.80. The molecule has 114 valence electrons. The molecule has 0 aromatic carbocycles. The first-order valence-corrected chi connectivity index (χ1v) is 6.66. The molecule has 7 heteroatoms. The minimum absolute atomic E-state index is 0.00866. The van der Waals surface area contributed by atoms with Crippen LogP contribution in [0.1, 0.15) is 28.1 Å². The largest absolute Gasteiger partial charge is 0.464 e. The highest BCUT2D eigenvalue weighted by molar-refractivity contribution is 5.92. The third-order valence-corrected chi connectivity index (χ3v) is 3.05. The summed E-state index contributed by atoms with van der Waals surface area (Å²) in [4.78, 5) is 12.0. The SMILES string of the molecule is Cc1ccc(C(O)CNC(=O)c2cc(-c3ccco3)on2)o1. The summed E-state index contributed by atoms with van der Waals surface area (Å²) in [6, 6.07) is 8.28. The van der Waals surface area contributed by atoms with Gasteiger partial charge in [-0.05, 0) is 31.2 Å². The van der Waals surface area contributed by atoms with Gasteiger partial charge in [-0.25, -0.2) is 0 Å². The first kappa shape index (κ1) is 14.2. The molecule has 0 saturated heterocycles. The van der Waals surface area contributed by atoms with Gasteiger partial charge in [0.1, 0.15) is 17.6 Å². The van der Waals surface area contributed by atoms with Gasteiger partial charge in [-0.3, -0.25) is 4.79 Å². The van der Waals surface area contributed by atoms with E-state index in [-0.39, 0.29) is 12.2 Å². The van der Waals surface area contributed by atoms with E-state index in [1.165, 1.54) is 12.3 Å². The van der Waals surface area contributed by atoms with Crippen molar-refractivity contribution in [1.29, 1.82) is 0 Å². The van der Waals surface area contributed by atoms with E-state index in [9.17, 15) is 9.90 Å².